The highest BCUT2D eigenvalue weighted by atomic mass is 32.2. The van der Waals surface area contributed by atoms with E-state index >= 15 is 0 Å². The van der Waals surface area contributed by atoms with E-state index in [0.717, 1.165) is 29.5 Å². The van der Waals surface area contributed by atoms with Crippen LogP contribution in [0.4, 0.5) is 0 Å². The van der Waals surface area contributed by atoms with Crippen LogP contribution in [0.15, 0.2) is 103 Å². The average Bonchev–Trinajstić information content (AvgIpc) is 3.04. The van der Waals surface area contributed by atoms with E-state index in [2.05, 4.69) is 4.98 Å². The lowest BCUT2D eigenvalue weighted by molar-refractivity contribution is -0.146. The number of esters is 1. The molecule has 45 heavy (non-hydrogen) atoms. The first-order valence-electron chi connectivity index (χ1n) is 14.4. The average molecular weight is 629 g/mol. The number of likely N-dealkylation sites (tertiary alicyclic amines) is 1. The van der Waals surface area contributed by atoms with E-state index in [1.165, 1.54) is 0 Å². The quantitative estimate of drug-likeness (QED) is 0.0998. The minimum atomic E-state index is -3.88. The number of carbonyl (C=O) groups excluding carboxylic acids is 2. The summed E-state index contributed by atoms with van der Waals surface area (Å²) in [5, 5.41) is 7.49. The highest BCUT2D eigenvalue weighted by Crippen LogP contribution is 2.24. The number of piperidine rings is 1. The van der Waals surface area contributed by atoms with Crippen LogP contribution in [0.1, 0.15) is 46.3 Å². The van der Waals surface area contributed by atoms with E-state index in [0.29, 0.717) is 36.2 Å². The molecule has 4 aromatic rings. The van der Waals surface area contributed by atoms with Gasteiger partial charge in [0, 0.05) is 48.6 Å². The van der Waals surface area contributed by atoms with Crippen molar-refractivity contribution in [1.29, 1.82) is 5.41 Å². The molecule has 1 saturated heterocycles. The Morgan fingerprint density at radius 2 is 1.44 bits per heavy atom. The van der Waals surface area contributed by atoms with Gasteiger partial charge in [-0.3, -0.25) is 24.5 Å². The van der Waals surface area contributed by atoms with Gasteiger partial charge in [-0.15, -0.1) is 0 Å². The maximum atomic E-state index is 12.9. The number of nitrogens with two attached hydrogens (primary N) is 1. The van der Waals surface area contributed by atoms with Crippen molar-refractivity contribution in [3.05, 3.63) is 126 Å². The number of pyridine rings is 1. The Kier molecular flexibility index (Phi) is 11.5. The van der Waals surface area contributed by atoms with Gasteiger partial charge in [0.15, 0.2) is 0 Å². The molecule has 4 N–H and O–H groups in total. The van der Waals surface area contributed by atoms with Crippen LogP contribution in [0.5, 0.6) is 0 Å². The standard InChI is InChI=1S/C27H28N4O3.C7H8O3S/c28-26(29)23-7-3-21(4-8-23)22-5-9-24(10-6-22)27(33)31-14-11-19(12-15-31)16-25(32)34-18-20-2-1-13-30-17-20;8-11(9,10)6-7-4-2-1-3-5-7/h1-10,13,17,19H,11-12,14-16,18H2,(H3,28,29);1-5H,6H2,(H,8,9,10). The van der Waals surface area contributed by atoms with Crippen LogP contribution in [0, 0.1) is 11.3 Å². The molecule has 0 atom stereocenters. The molecular weight excluding hydrogens is 592 g/mol. The summed E-state index contributed by atoms with van der Waals surface area (Å²) in [6, 6.07) is 27.2. The molecule has 0 spiro atoms. The normalized spacial score (nSPS) is 13.3. The van der Waals surface area contributed by atoms with Crippen molar-refractivity contribution in [2.75, 3.05) is 13.1 Å². The molecule has 2 heterocycles. The van der Waals surface area contributed by atoms with Gasteiger partial charge in [-0.25, -0.2) is 0 Å². The molecule has 11 heteroatoms. The van der Waals surface area contributed by atoms with Crippen LogP contribution in [0.2, 0.25) is 0 Å². The Labute approximate surface area is 263 Å². The minimum Gasteiger partial charge on any atom is -0.461 e. The van der Waals surface area contributed by atoms with Crippen LogP contribution in [-0.4, -0.2) is 53.7 Å². The van der Waals surface area contributed by atoms with E-state index < -0.39 is 10.1 Å². The van der Waals surface area contributed by atoms with E-state index in [4.69, 9.17) is 20.4 Å². The van der Waals surface area contributed by atoms with Crippen molar-refractivity contribution in [3.8, 4) is 11.1 Å². The van der Waals surface area contributed by atoms with Crippen LogP contribution >= 0.6 is 0 Å². The minimum absolute atomic E-state index is 0.0103. The number of nitrogen functional groups attached to an aromatic ring is 1. The molecule has 0 bridgehead atoms. The summed E-state index contributed by atoms with van der Waals surface area (Å²) in [7, 11) is -3.88. The van der Waals surface area contributed by atoms with Crippen LogP contribution < -0.4 is 5.73 Å². The van der Waals surface area contributed by atoms with Gasteiger partial charge in [0.1, 0.15) is 18.2 Å². The lowest BCUT2D eigenvalue weighted by Gasteiger charge is -2.31. The van der Waals surface area contributed by atoms with Gasteiger partial charge in [-0.05, 0) is 53.6 Å². The number of hydrogen-bond acceptors (Lipinski definition) is 7. The Hall–Kier alpha value is -4.87. The number of carbonyl (C=O) groups is 2. The predicted molar refractivity (Wildman–Crippen MR) is 172 cm³/mol. The van der Waals surface area contributed by atoms with E-state index in [9.17, 15) is 18.0 Å². The number of rotatable bonds is 9. The summed E-state index contributed by atoms with van der Waals surface area (Å²) in [6.07, 6.45) is 5.32. The first kappa shape index (κ1) is 33.0. The van der Waals surface area contributed by atoms with Gasteiger partial charge in [0.2, 0.25) is 0 Å². The summed E-state index contributed by atoms with van der Waals surface area (Å²) in [4.78, 5) is 31.0. The van der Waals surface area contributed by atoms with Crippen molar-refractivity contribution >= 4 is 27.8 Å². The van der Waals surface area contributed by atoms with E-state index in [1.54, 1.807) is 42.7 Å². The number of ether oxygens (including phenoxy) is 1. The zero-order valence-electron chi connectivity index (χ0n) is 24.7. The molecular formula is C34H36N4O6S. The molecule has 0 unspecified atom stereocenters. The van der Waals surface area contributed by atoms with Gasteiger partial charge in [0.05, 0.1) is 0 Å². The van der Waals surface area contributed by atoms with Gasteiger partial charge in [-0.2, -0.15) is 8.42 Å². The molecule has 1 fully saturated rings. The van der Waals surface area contributed by atoms with E-state index in [1.807, 2.05) is 65.6 Å². The number of amides is 1. The predicted octanol–water partition coefficient (Wildman–Crippen LogP) is 5.09. The van der Waals surface area contributed by atoms with Crippen molar-refractivity contribution in [2.45, 2.75) is 31.6 Å². The summed E-state index contributed by atoms with van der Waals surface area (Å²) in [6.45, 7) is 1.50. The summed E-state index contributed by atoms with van der Waals surface area (Å²) in [5.74, 6) is -0.242. The Morgan fingerprint density at radius 3 is 1.98 bits per heavy atom. The monoisotopic (exact) mass is 628 g/mol. The van der Waals surface area contributed by atoms with Crippen molar-refractivity contribution in [2.24, 2.45) is 11.7 Å². The fraction of sp³-hybridized carbons (Fsp3) is 0.235. The second-order valence-corrected chi connectivity index (χ2v) is 12.2. The Bertz CT molecular complexity index is 1670. The lowest BCUT2D eigenvalue weighted by Crippen LogP contribution is -2.39. The number of nitrogens with zero attached hydrogens (tertiary/aromatic N) is 2. The number of nitrogens with one attached hydrogen (secondary N) is 1. The second kappa shape index (κ2) is 15.7. The zero-order chi connectivity index (χ0) is 32.2. The summed E-state index contributed by atoms with van der Waals surface area (Å²) in [5.41, 5.74) is 10.3. The third-order valence-electron chi connectivity index (χ3n) is 7.33. The number of aromatic nitrogens is 1. The third-order valence-corrected chi connectivity index (χ3v) is 8.03. The maximum Gasteiger partial charge on any atom is 0.306 e. The molecule has 0 radical (unpaired) electrons. The number of amidine groups is 1. The lowest BCUT2D eigenvalue weighted by atomic mass is 9.93. The molecule has 10 nitrogen and oxygen atoms in total. The molecule has 1 aliphatic heterocycles. The maximum absolute atomic E-state index is 12.9. The fourth-order valence-electron chi connectivity index (χ4n) is 4.90. The SMILES string of the molecule is N=C(N)c1ccc(-c2ccc(C(=O)N3CCC(CC(=O)OCc4cccnc4)CC3)cc2)cc1.O=S(=O)(O)Cc1ccccc1. The highest BCUT2D eigenvalue weighted by molar-refractivity contribution is 7.85. The van der Waals surface area contributed by atoms with Crippen LogP contribution in [0.3, 0.4) is 0 Å². The Balaban J connectivity index is 0.000000354. The topological polar surface area (TPSA) is 164 Å². The molecule has 1 aromatic heterocycles. The van der Waals surface area contributed by atoms with Gasteiger partial charge in [-0.1, -0.05) is 72.8 Å². The molecule has 1 aliphatic rings. The molecule has 3 aromatic carbocycles. The molecule has 5 rings (SSSR count). The largest absolute Gasteiger partial charge is 0.461 e. The van der Waals surface area contributed by atoms with Gasteiger partial charge >= 0.3 is 5.97 Å². The molecule has 0 aliphatic carbocycles. The Morgan fingerprint density at radius 1 is 0.867 bits per heavy atom. The first-order valence-corrected chi connectivity index (χ1v) is 16.1. The number of benzene rings is 3. The van der Waals surface area contributed by atoms with Crippen molar-refractivity contribution in [1.82, 2.24) is 9.88 Å². The highest BCUT2D eigenvalue weighted by Gasteiger charge is 2.25. The number of hydrogen-bond donors (Lipinski definition) is 3. The smallest absolute Gasteiger partial charge is 0.306 e. The third kappa shape index (κ3) is 10.7. The molecule has 234 valence electrons. The summed E-state index contributed by atoms with van der Waals surface area (Å²) >= 11 is 0. The van der Waals surface area contributed by atoms with Crippen molar-refractivity contribution < 1.29 is 27.3 Å². The zero-order valence-corrected chi connectivity index (χ0v) is 25.5. The summed E-state index contributed by atoms with van der Waals surface area (Å²) < 4.78 is 34.5. The van der Waals surface area contributed by atoms with Crippen LogP contribution in [0.25, 0.3) is 11.1 Å². The molecule has 1 amide bonds. The fourth-order valence-corrected chi connectivity index (χ4v) is 5.51. The first-order chi connectivity index (χ1) is 21.6. The van der Waals surface area contributed by atoms with Gasteiger partial charge in [0.25, 0.3) is 16.0 Å². The van der Waals surface area contributed by atoms with Gasteiger partial charge < -0.3 is 15.4 Å². The van der Waals surface area contributed by atoms with E-state index in [-0.39, 0.29) is 36.0 Å². The van der Waals surface area contributed by atoms with Crippen LogP contribution in [-0.2, 0) is 32.0 Å². The molecule has 0 saturated carbocycles. The second-order valence-electron chi connectivity index (χ2n) is 10.7. The van der Waals surface area contributed by atoms with Crippen molar-refractivity contribution in [3.63, 3.8) is 0 Å².